The van der Waals surface area contributed by atoms with Gasteiger partial charge < -0.3 is 9.80 Å². The average Bonchev–Trinajstić information content (AvgIpc) is 3.41. The van der Waals surface area contributed by atoms with Crippen LogP contribution in [-0.2, 0) is 0 Å². The first-order valence-electron chi connectivity index (χ1n) is 10.8. The zero-order chi connectivity index (χ0) is 22.9. The molecular weight excluding hydrogens is 456 g/mol. The molecule has 0 unspecified atom stereocenters. The number of anilines is 1. The molecule has 0 atom stereocenters. The number of benzene rings is 2. The third-order valence-corrected chi connectivity index (χ3v) is 7.22. The molecule has 2 aromatic heterocycles. The molecule has 1 aliphatic heterocycles. The summed E-state index contributed by atoms with van der Waals surface area (Å²) in [6.07, 6.45) is 0. The molecule has 4 aromatic rings. The van der Waals surface area contributed by atoms with Gasteiger partial charge in [0.2, 0.25) is 0 Å². The van der Waals surface area contributed by atoms with Crippen molar-refractivity contribution in [2.24, 2.45) is 0 Å². The van der Waals surface area contributed by atoms with E-state index in [1.54, 1.807) is 4.68 Å². The Balaban J connectivity index is 1.34. The van der Waals surface area contributed by atoms with Crippen LogP contribution >= 0.6 is 22.9 Å². The molecule has 0 radical (unpaired) electrons. The molecule has 2 aromatic carbocycles. The van der Waals surface area contributed by atoms with Gasteiger partial charge in [0.1, 0.15) is 15.6 Å². The summed E-state index contributed by atoms with van der Waals surface area (Å²) >= 11 is 7.51. The van der Waals surface area contributed by atoms with E-state index in [9.17, 15) is 4.79 Å². The summed E-state index contributed by atoms with van der Waals surface area (Å²) in [5, 5.41) is 9.97. The molecule has 0 bridgehead atoms. The van der Waals surface area contributed by atoms with Crippen molar-refractivity contribution in [3.8, 4) is 16.4 Å². The third kappa shape index (κ3) is 4.24. The molecule has 1 amide bonds. The summed E-state index contributed by atoms with van der Waals surface area (Å²) in [5.74, 6) is 0.0313. The Morgan fingerprint density at radius 2 is 1.70 bits per heavy atom. The number of hydrogen-bond donors (Lipinski definition) is 0. The second-order valence-electron chi connectivity index (χ2n) is 7.96. The summed E-state index contributed by atoms with van der Waals surface area (Å²) < 4.78 is 1.74. The van der Waals surface area contributed by atoms with Crippen LogP contribution in [0.3, 0.4) is 0 Å². The Labute approximate surface area is 201 Å². The molecule has 1 fully saturated rings. The second-order valence-corrected chi connectivity index (χ2v) is 9.40. The number of carbonyl (C=O) groups excluding carboxylic acids is 1. The van der Waals surface area contributed by atoms with E-state index in [0.29, 0.717) is 33.7 Å². The van der Waals surface area contributed by atoms with E-state index in [-0.39, 0.29) is 5.91 Å². The number of rotatable bonds is 4. The summed E-state index contributed by atoms with van der Waals surface area (Å²) in [6, 6.07) is 17.8. The summed E-state index contributed by atoms with van der Waals surface area (Å²) in [5.41, 5.74) is 4.28. The van der Waals surface area contributed by atoms with Gasteiger partial charge in [-0.25, -0.2) is 9.67 Å². The molecule has 1 aliphatic rings. The highest BCUT2D eigenvalue weighted by molar-refractivity contribution is 7.17. The first-order valence-corrected chi connectivity index (χ1v) is 12.0. The summed E-state index contributed by atoms with van der Waals surface area (Å²) in [6.45, 7) is 6.82. The van der Waals surface area contributed by atoms with E-state index < -0.39 is 0 Å². The molecule has 5 rings (SSSR count). The number of thiazole rings is 1. The van der Waals surface area contributed by atoms with Crippen molar-refractivity contribution < 1.29 is 4.79 Å². The fourth-order valence-corrected chi connectivity index (χ4v) is 5.28. The van der Waals surface area contributed by atoms with Gasteiger partial charge >= 0.3 is 0 Å². The van der Waals surface area contributed by atoms with Crippen LogP contribution < -0.4 is 4.90 Å². The number of para-hydroxylation sites is 1. The topological polar surface area (TPSA) is 67.2 Å². The number of carbonyl (C=O) groups is 1. The van der Waals surface area contributed by atoms with Crippen LogP contribution in [0.1, 0.15) is 21.1 Å². The number of aryl methyl sites for hydroxylation is 1. The van der Waals surface area contributed by atoms with E-state index in [1.165, 1.54) is 17.0 Å². The minimum Gasteiger partial charge on any atom is -0.368 e. The fourth-order valence-electron chi connectivity index (χ4n) is 4.03. The zero-order valence-electron chi connectivity index (χ0n) is 18.4. The minimum absolute atomic E-state index is 0.0313. The lowest BCUT2D eigenvalue weighted by molar-refractivity contribution is 0.0750. The molecule has 0 spiro atoms. The minimum atomic E-state index is 0.0313. The first-order chi connectivity index (χ1) is 16.0. The van der Waals surface area contributed by atoms with Gasteiger partial charge in [-0.1, -0.05) is 41.1 Å². The van der Waals surface area contributed by atoms with Gasteiger partial charge in [-0.2, -0.15) is 0 Å². The van der Waals surface area contributed by atoms with Gasteiger partial charge in [0.05, 0.1) is 17.1 Å². The zero-order valence-corrected chi connectivity index (χ0v) is 20.0. The lowest BCUT2D eigenvalue weighted by Gasteiger charge is -2.36. The van der Waals surface area contributed by atoms with Crippen LogP contribution in [0.15, 0.2) is 54.6 Å². The maximum absolute atomic E-state index is 13.3. The number of hydrogen-bond acceptors (Lipinski definition) is 6. The predicted octanol–water partition coefficient (Wildman–Crippen LogP) is 4.62. The quantitative estimate of drug-likeness (QED) is 0.428. The normalized spacial score (nSPS) is 14.0. The van der Waals surface area contributed by atoms with Gasteiger partial charge in [-0.3, -0.25) is 4.79 Å². The van der Waals surface area contributed by atoms with Gasteiger partial charge in [-0.05, 0) is 44.2 Å². The van der Waals surface area contributed by atoms with Crippen molar-refractivity contribution in [1.29, 1.82) is 0 Å². The van der Waals surface area contributed by atoms with E-state index in [4.69, 9.17) is 11.6 Å². The fraction of sp³-hybridized carbons (Fsp3) is 0.250. The lowest BCUT2D eigenvalue weighted by atomic mass is 10.2. The van der Waals surface area contributed by atoms with E-state index >= 15 is 0 Å². The van der Waals surface area contributed by atoms with Crippen molar-refractivity contribution in [3.05, 3.63) is 75.9 Å². The average molecular weight is 479 g/mol. The number of amides is 1. The molecular formula is C24H23ClN6OS. The molecule has 3 heterocycles. The molecule has 33 heavy (non-hydrogen) atoms. The largest absolute Gasteiger partial charge is 0.368 e. The van der Waals surface area contributed by atoms with Crippen molar-refractivity contribution >= 4 is 34.5 Å². The van der Waals surface area contributed by atoms with E-state index in [2.05, 4.69) is 32.3 Å². The smallest absolute Gasteiger partial charge is 0.265 e. The van der Waals surface area contributed by atoms with Crippen LogP contribution in [-0.4, -0.2) is 57.0 Å². The number of halogens is 1. The number of aromatic nitrogens is 4. The molecule has 1 saturated heterocycles. The van der Waals surface area contributed by atoms with Crippen molar-refractivity contribution in [2.45, 2.75) is 13.8 Å². The molecule has 168 valence electrons. The van der Waals surface area contributed by atoms with Crippen molar-refractivity contribution in [3.63, 3.8) is 0 Å². The van der Waals surface area contributed by atoms with Crippen LogP contribution in [0.5, 0.6) is 0 Å². The van der Waals surface area contributed by atoms with Crippen molar-refractivity contribution in [1.82, 2.24) is 24.9 Å². The van der Waals surface area contributed by atoms with Crippen LogP contribution in [0.2, 0.25) is 5.02 Å². The molecule has 0 aliphatic carbocycles. The van der Waals surface area contributed by atoms with Gasteiger partial charge in [-0.15, -0.1) is 16.4 Å². The van der Waals surface area contributed by atoms with E-state index in [0.717, 1.165) is 30.2 Å². The Bertz CT molecular complexity index is 1290. The van der Waals surface area contributed by atoms with Crippen LogP contribution in [0.25, 0.3) is 16.4 Å². The summed E-state index contributed by atoms with van der Waals surface area (Å²) in [7, 11) is 0. The third-order valence-electron chi connectivity index (χ3n) is 5.83. The van der Waals surface area contributed by atoms with Gasteiger partial charge in [0.25, 0.3) is 5.91 Å². The Kier molecular flexibility index (Phi) is 5.86. The highest BCUT2D eigenvalue weighted by Crippen LogP contribution is 2.31. The molecule has 9 heteroatoms. The Hall–Kier alpha value is -3.23. The monoisotopic (exact) mass is 478 g/mol. The Morgan fingerprint density at radius 1 is 0.970 bits per heavy atom. The maximum Gasteiger partial charge on any atom is 0.265 e. The van der Waals surface area contributed by atoms with Crippen molar-refractivity contribution in [2.75, 3.05) is 31.1 Å². The van der Waals surface area contributed by atoms with Gasteiger partial charge in [0.15, 0.2) is 0 Å². The highest BCUT2D eigenvalue weighted by atomic mass is 35.5. The standard InChI is InChI=1S/C24H23ClN6OS/c1-16-22(24(32)30-13-11-29(12-14-30)19-8-4-3-5-9-19)33-23(26-16)21-17(2)31(28-27-21)20-10-6-7-18(25)15-20/h3-10,15H,11-14H2,1-2H3. The Morgan fingerprint density at radius 3 is 2.42 bits per heavy atom. The molecule has 7 nitrogen and oxygen atoms in total. The number of nitrogens with zero attached hydrogens (tertiary/aromatic N) is 6. The number of piperazine rings is 1. The first kappa shape index (κ1) is 21.6. The van der Waals surface area contributed by atoms with Gasteiger partial charge in [0, 0.05) is 36.9 Å². The lowest BCUT2D eigenvalue weighted by Crippen LogP contribution is -2.48. The molecule has 0 saturated carbocycles. The molecule has 0 N–H and O–H groups in total. The predicted molar refractivity (Wildman–Crippen MR) is 132 cm³/mol. The van der Waals surface area contributed by atoms with E-state index in [1.807, 2.05) is 61.2 Å². The van der Waals surface area contributed by atoms with Crippen LogP contribution in [0.4, 0.5) is 5.69 Å². The van der Waals surface area contributed by atoms with Crippen LogP contribution in [0, 0.1) is 13.8 Å². The summed E-state index contributed by atoms with van der Waals surface area (Å²) in [4.78, 5) is 22.8. The SMILES string of the molecule is Cc1nc(-c2nnn(-c3cccc(Cl)c3)c2C)sc1C(=O)N1CCN(c2ccccc2)CC1. The highest BCUT2D eigenvalue weighted by Gasteiger charge is 2.27. The second kappa shape index (κ2) is 8.96. The maximum atomic E-state index is 13.3.